The number of nitrogens with one attached hydrogen (secondary N) is 1. The molecule has 0 saturated carbocycles. The highest BCUT2D eigenvalue weighted by Crippen LogP contribution is 2.22. The van der Waals surface area contributed by atoms with E-state index in [-0.39, 0.29) is 19.1 Å². The number of rotatable bonds is 5. The van der Waals surface area contributed by atoms with Crippen LogP contribution in [0.5, 0.6) is 0 Å². The van der Waals surface area contributed by atoms with Gasteiger partial charge in [-0.3, -0.25) is 9.59 Å². The van der Waals surface area contributed by atoms with E-state index in [4.69, 9.17) is 9.15 Å². The molecule has 0 aliphatic rings. The van der Waals surface area contributed by atoms with Gasteiger partial charge < -0.3 is 14.5 Å². The van der Waals surface area contributed by atoms with Gasteiger partial charge in [-0.25, -0.2) is 4.79 Å². The molecule has 1 amide bonds. The average molecular weight is 415 g/mol. The number of aryl methyl sites for hydroxylation is 2. The van der Waals surface area contributed by atoms with Crippen molar-refractivity contribution >= 4 is 33.6 Å². The van der Waals surface area contributed by atoms with Crippen LogP contribution in [0.1, 0.15) is 27.0 Å². The molecule has 4 rings (SSSR count). The Bertz CT molecular complexity index is 1370. The van der Waals surface area contributed by atoms with Crippen LogP contribution >= 0.6 is 0 Å². The van der Waals surface area contributed by atoms with Gasteiger partial charge in [0.2, 0.25) is 0 Å². The van der Waals surface area contributed by atoms with Crippen molar-refractivity contribution in [2.24, 2.45) is 0 Å². The summed E-state index contributed by atoms with van der Waals surface area (Å²) < 4.78 is 10.5. The van der Waals surface area contributed by atoms with E-state index < -0.39 is 11.6 Å². The molecule has 0 bridgehead atoms. The van der Waals surface area contributed by atoms with Gasteiger partial charge in [-0.1, -0.05) is 30.3 Å². The fraction of sp³-hybridized carbons (Fsp3) is 0.160. The summed E-state index contributed by atoms with van der Waals surface area (Å²) in [5.74, 6) is -0.959. The van der Waals surface area contributed by atoms with Crippen molar-refractivity contribution < 1.29 is 18.7 Å². The molecule has 0 aliphatic heterocycles. The topological polar surface area (TPSA) is 85.6 Å². The number of benzene rings is 3. The summed E-state index contributed by atoms with van der Waals surface area (Å²) in [7, 11) is 0. The second-order valence-corrected chi connectivity index (χ2v) is 7.43. The highest BCUT2D eigenvalue weighted by atomic mass is 16.5. The molecule has 1 heterocycles. The van der Waals surface area contributed by atoms with Gasteiger partial charge in [0.1, 0.15) is 18.7 Å². The predicted molar refractivity (Wildman–Crippen MR) is 118 cm³/mol. The highest BCUT2D eigenvalue weighted by Gasteiger charge is 2.12. The first-order valence-electron chi connectivity index (χ1n) is 9.87. The van der Waals surface area contributed by atoms with Crippen molar-refractivity contribution in [1.82, 2.24) is 5.32 Å². The average Bonchev–Trinajstić information content (AvgIpc) is 2.76. The van der Waals surface area contributed by atoms with Crippen LogP contribution in [0.25, 0.3) is 21.7 Å². The maximum absolute atomic E-state index is 12.4. The van der Waals surface area contributed by atoms with Gasteiger partial charge in [0, 0.05) is 22.6 Å². The van der Waals surface area contributed by atoms with Crippen LogP contribution in [-0.2, 0) is 16.1 Å². The monoisotopic (exact) mass is 415 g/mol. The minimum absolute atomic E-state index is 0.0880. The zero-order valence-electron chi connectivity index (χ0n) is 17.2. The molecule has 0 unspecified atom stereocenters. The first-order chi connectivity index (χ1) is 14.9. The number of fused-ring (bicyclic) bond motifs is 2. The molecule has 0 aliphatic carbocycles. The van der Waals surface area contributed by atoms with Gasteiger partial charge >= 0.3 is 11.6 Å². The lowest BCUT2D eigenvalue weighted by Gasteiger charge is -2.10. The molecule has 0 atom stereocenters. The standard InChI is InChI=1S/C25H21NO5/c1-15-9-21-20(12-23(27)31-22(21)10-16(15)2)14-30-24(28)13-26-25(29)19-8-7-17-5-3-4-6-18(17)11-19/h3-12H,13-14H2,1-2H3,(H,26,29). The number of carbonyl (C=O) groups excluding carboxylic acids is 2. The third-order valence-corrected chi connectivity index (χ3v) is 5.24. The van der Waals surface area contributed by atoms with Gasteiger partial charge in [-0.15, -0.1) is 0 Å². The molecule has 0 spiro atoms. The third kappa shape index (κ3) is 4.48. The number of esters is 1. The van der Waals surface area contributed by atoms with Gasteiger partial charge in [0.25, 0.3) is 5.91 Å². The van der Waals surface area contributed by atoms with Crippen molar-refractivity contribution in [3.63, 3.8) is 0 Å². The number of amides is 1. The number of carbonyl (C=O) groups is 2. The summed E-state index contributed by atoms with van der Waals surface area (Å²) in [6.45, 7) is 3.52. The molecule has 4 aromatic rings. The lowest BCUT2D eigenvalue weighted by atomic mass is 10.0. The molecule has 1 aromatic heterocycles. The van der Waals surface area contributed by atoms with E-state index in [0.29, 0.717) is 16.7 Å². The molecule has 6 nitrogen and oxygen atoms in total. The SMILES string of the molecule is Cc1cc2oc(=O)cc(COC(=O)CNC(=O)c3ccc4ccccc4c3)c2cc1C. The Morgan fingerprint density at radius 3 is 2.48 bits per heavy atom. The zero-order chi connectivity index (χ0) is 22.0. The molecular formula is C25H21NO5. The fourth-order valence-electron chi connectivity index (χ4n) is 3.40. The van der Waals surface area contributed by atoms with Crippen LogP contribution in [-0.4, -0.2) is 18.4 Å². The molecule has 0 fully saturated rings. The Morgan fingerprint density at radius 1 is 0.935 bits per heavy atom. The molecule has 31 heavy (non-hydrogen) atoms. The predicted octanol–water partition coefficient (Wildman–Crippen LogP) is 4.04. The van der Waals surface area contributed by atoms with Crippen LogP contribution in [0.15, 0.2) is 69.9 Å². The number of hydrogen-bond donors (Lipinski definition) is 1. The summed E-state index contributed by atoms with van der Waals surface area (Å²) >= 11 is 0. The van der Waals surface area contributed by atoms with Crippen molar-refractivity contribution in [3.05, 3.63) is 93.3 Å². The second kappa shape index (κ2) is 8.44. The highest BCUT2D eigenvalue weighted by molar-refractivity contribution is 5.99. The Labute approximate surface area is 178 Å². The van der Waals surface area contributed by atoms with Crippen molar-refractivity contribution in [3.8, 4) is 0 Å². The summed E-state index contributed by atoms with van der Waals surface area (Å²) in [5, 5.41) is 5.26. The maximum Gasteiger partial charge on any atom is 0.336 e. The Hall–Kier alpha value is -3.93. The molecular weight excluding hydrogens is 394 g/mol. The quantitative estimate of drug-likeness (QED) is 0.393. The smallest absolute Gasteiger partial charge is 0.336 e. The van der Waals surface area contributed by atoms with E-state index in [2.05, 4.69) is 5.32 Å². The molecule has 1 N–H and O–H groups in total. The molecule has 156 valence electrons. The number of ether oxygens (including phenoxy) is 1. The fourth-order valence-corrected chi connectivity index (χ4v) is 3.40. The Balaban J connectivity index is 1.40. The Kier molecular flexibility index (Phi) is 5.54. The Morgan fingerprint density at radius 2 is 1.68 bits per heavy atom. The third-order valence-electron chi connectivity index (χ3n) is 5.24. The summed E-state index contributed by atoms with van der Waals surface area (Å²) in [6, 6.07) is 18.1. The lowest BCUT2D eigenvalue weighted by molar-refractivity contribution is -0.143. The summed E-state index contributed by atoms with van der Waals surface area (Å²) in [4.78, 5) is 36.4. The molecule has 6 heteroatoms. The zero-order valence-corrected chi connectivity index (χ0v) is 17.2. The van der Waals surface area contributed by atoms with Crippen molar-refractivity contribution in [2.45, 2.75) is 20.5 Å². The van der Waals surface area contributed by atoms with Crippen molar-refractivity contribution in [1.29, 1.82) is 0 Å². The van der Waals surface area contributed by atoms with Crippen LogP contribution < -0.4 is 10.9 Å². The van der Waals surface area contributed by atoms with Gasteiger partial charge in [-0.2, -0.15) is 0 Å². The van der Waals surface area contributed by atoms with E-state index in [9.17, 15) is 14.4 Å². The van der Waals surface area contributed by atoms with E-state index in [1.165, 1.54) is 6.07 Å². The molecule has 3 aromatic carbocycles. The summed E-state index contributed by atoms with van der Waals surface area (Å²) in [6.07, 6.45) is 0. The normalized spacial score (nSPS) is 10.9. The minimum atomic E-state index is -0.598. The second-order valence-electron chi connectivity index (χ2n) is 7.43. The molecule has 0 saturated heterocycles. The summed E-state index contributed by atoms with van der Waals surface area (Å²) in [5.41, 5.74) is 3.00. The van der Waals surface area contributed by atoms with Gasteiger partial charge in [-0.05, 0) is 60.0 Å². The van der Waals surface area contributed by atoms with Crippen molar-refractivity contribution in [2.75, 3.05) is 6.54 Å². The largest absolute Gasteiger partial charge is 0.459 e. The maximum atomic E-state index is 12.4. The van der Waals surface area contributed by atoms with E-state index >= 15 is 0 Å². The first kappa shape index (κ1) is 20.3. The van der Waals surface area contributed by atoms with E-state index in [0.717, 1.165) is 27.3 Å². The van der Waals surface area contributed by atoms with E-state index in [1.807, 2.05) is 50.2 Å². The number of hydrogen-bond acceptors (Lipinski definition) is 5. The first-order valence-corrected chi connectivity index (χ1v) is 9.87. The van der Waals surface area contributed by atoms with Crippen LogP contribution in [0.3, 0.4) is 0 Å². The molecule has 0 radical (unpaired) electrons. The lowest BCUT2D eigenvalue weighted by Crippen LogP contribution is -2.30. The minimum Gasteiger partial charge on any atom is -0.459 e. The van der Waals surface area contributed by atoms with Crippen LogP contribution in [0.4, 0.5) is 0 Å². The van der Waals surface area contributed by atoms with Crippen LogP contribution in [0, 0.1) is 13.8 Å². The van der Waals surface area contributed by atoms with Gasteiger partial charge in [0.05, 0.1) is 0 Å². The van der Waals surface area contributed by atoms with E-state index in [1.54, 1.807) is 18.2 Å². The van der Waals surface area contributed by atoms with Crippen LogP contribution in [0.2, 0.25) is 0 Å². The van der Waals surface area contributed by atoms with Gasteiger partial charge in [0.15, 0.2) is 0 Å².